The van der Waals surface area contributed by atoms with E-state index in [1.807, 2.05) is 25.1 Å². The molecule has 0 bridgehead atoms. The van der Waals surface area contributed by atoms with Crippen molar-refractivity contribution in [3.8, 4) is 0 Å². The van der Waals surface area contributed by atoms with Crippen LogP contribution in [0.1, 0.15) is 12.6 Å². The second kappa shape index (κ2) is 6.78. The molecule has 7 nitrogen and oxygen atoms in total. The van der Waals surface area contributed by atoms with Crippen LogP contribution in [0.2, 0.25) is 0 Å². The number of nitrogen functional groups attached to an aromatic ring is 1. The summed E-state index contributed by atoms with van der Waals surface area (Å²) in [6, 6.07) is 5.80. The Hall–Kier alpha value is -2.41. The van der Waals surface area contributed by atoms with E-state index in [0.717, 1.165) is 50.1 Å². The summed E-state index contributed by atoms with van der Waals surface area (Å²) < 4.78 is 0. The molecule has 0 spiro atoms. The predicted molar refractivity (Wildman–Crippen MR) is 93.0 cm³/mol. The molecule has 1 saturated heterocycles. The zero-order valence-electron chi connectivity index (χ0n) is 13.7. The molecule has 1 aliphatic heterocycles. The van der Waals surface area contributed by atoms with E-state index in [2.05, 4.69) is 37.0 Å². The molecule has 2 aromatic heterocycles. The third kappa shape index (κ3) is 3.50. The molecular weight excluding hydrogens is 290 g/mol. The Labute approximate surface area is 136 Å². The molecule has 0 atom stereocenters. The molecular formula is C16H23N7. The van der Waals surface area contributed by atoms with Gasteiger partial charge in [-0.1, -0.05) is 13.0 Å². The van der Waals surface area contributed by atoms with Crippen LogP contribution in [0.3, 0.4) is 0 Å². The van der Waals surface area contributed by atoms with E-state index in [1.165, 1.54) is 0 Å². The molecule has 0 radical (unpaired) electrons. The Bertz CT molecular complexity index is 665. The molecule has 2 aromatic rings. The van der Waals surface area contributed by atoms with Crippen molar-refractivity contribution in [1.29, 1.82) is 0 Å². The molecule has 1 fully saturated rings. The Morgan fingerprint density at radius 1 is 1.17 bits per heavy atom. The van der Waals surface area contributed by atoms with E-state index in [-0.39, 0.29) is 0 Å². The molecule has 122 valence electrons. The number of likely N-dealkylation sites (N-methyl/N-ethyl adjacent to an activating group) is 1. The Morgan fingerprint density at radius 2 is 1.96 bits per heavy atom. The number of hydrogen-bond donors (Lipinski definition) is 2. The smallest absolute Gasteiger partial charge is 0.160 e. The third-order valence-electron chi connectivity index (χ3n) is 4.12. The van der Waals surface area contributed by atoms with Gasteiger partial charge in [0.15, 0.2) is 11.6 Å². The summed E-state index contributed by atoms with van der Waals surface area (Å²) in [6.45, 7) is 9.14. The summed E-state index contributed by atoms with van der Waals surface area (Å²) in [7, 11) is 0. The minimum absolute atomic E-state index is 0.570. The van der Waals surface area contributed by atoms with Crippen molar-refractivity contribution >= 4 is 23.1 Å². The Kier molecular flexibility index (Phi) is 4.57. The highest BCUT2D eigenvalue weighted by Crippen LogP contribution is 2.28. The molecule has 23 heavy (non-hydrogen) atoms. The number of anilines is 4. The maximum absolute atomic E-state index is 6.30. The first kappa shape index (κ1) is 15.5. The topological polar surface area (TPSA) is 83.2 Å². The highest BCUT2D eigenvalue weighted by molar-refractivity contribution is 5.77. The van der Waals surface area contributed by atoms with Crippen molar-refractivity contribution in [2.24, 2.45) is 0 Å². The first-order valence-electron chi connectivity index (χ1n) is 7.96. The molecule has 7 heteroatoms. The maximum atomic E-state index is 6.30. The van der Waals surface area contributed by atoms with Crippen LogP contribution >= 0.6 is 0 Å². The predicted octanol–water partition coefficient (Wildman–Crippen LogP) is 1.65. The third-order valence-corrected chi connectivity index (χ3v) is 4.12. The van der Waals surface area contributed by atoms with Gasteiger partial charge in [-0.2, -0.15) is 0 Å². The van der Waals surface area contributed by atoms with Gasteiger partial charge in [-0.15, -0.1) is 0 Å². The monoisotopic (exact) mass is 313 g/mol. The van der Waals surface area contributed by atoms with Crippen LogP contribution in [-0.2, 0) is 0 Å². The van der Waals surface area contributed by atoms with Gasteiger partial charge in [0.1, 0.15) is 17.8 Å². The van der Waals surface area contributed by atoms with Gasteiger partial charge < -0.3 is 20.9 Å². The number of piperazine rings is 1. The van der Waals surface area contributed by atoms with E-state index in [1.54, 1.807) is 6.33 Å². The fourth-order valence-corrected chi connectivity index (χ4v) is 2.75. The number of aryl methyl sites for hydroxylation is 1. The second-order valence-electron chi connectivity index (χ2n) is 5.67. The van der Waals surface area contributed by atoms with Crippen LogP contribution in [-0.4, -0.2) is 52.6 Å². The SMILES string of the molecule is CCN1CCN(c2ncnc(Nc3cccc(C)n3)c2N)CC1. The summed E-state index contributed by atoms with van der Waals surface area (Å²) in [4.78, 5) is 17.7. The molecule has 0 aliphatic carbocycles. The zero-order valence-corrected chi connectivity index (χ0v) is 13.7. The van der Waals surface area contributed by atoms with Crippen LogP contribution in [0.15, 0.2) is 24.5 Å². The summed E-state index contributed by atoms with van der Waals surface area (Å²) in [5.41, 5.74) is 7.81. The highest BCUT2D eigenvalue weighted by atomic mass is 15.3. The van der Waals surface area contributed by atoms with Crippen molar-refractivity contribution in [3.05, 3.63) is 30.2 Å². The minimum atomic E-state index is 0.570. The van der Waals surface area contributed by atoms with Gasteiger partial charge in [0.05, 0.1) is 0 Å². The van der Waals surface area contributed by atoms with Crippen LogP contribution in [0.4, 0.5) is 23.1 Å². The molecule has 0 saturated carbocycles. The largest absolute Gasteiger partial charge is 0.393 e. The van der Waals surface area contributed by atoms with Gasteiger partial charge in [-0.05, 0) is 25.6 Å². The fraction of sp³-hybridized carbons (Fsp3) is 0.438. The lowest BCUT2D eigenvalue weighted by atomic mass is 10.3. The number of rotatable bonds is 4. The lowest BCUT2D eigenvalue weighted by molar-refractivity contribution is 0.270. The molecule has 0 aromatic carbocycles. The van der Waals surface area contributed by atoms with Gasteiger partial charge in [-0.3, -0.25) is 0 Å². The van der Waals surface area contributed by atoms with Crippen molar-refractivity contribution in [1.82, 2.24) is 19.9 Å². The molecule has 0 amide bonds. The maximum Gasteiger partial charge on any atom is 0.160 e. The van der Waals surface area contributed by atoms with E-state index in [0.29, 0.717) is 11.5 Å². The summed E-state index contributed by atoms with van der Waals surface area (Å²) in [5.74, 6) is 2.13. The normalized spacial score (nSPS) is 15.7. The van der Waals surface area contributed by atoms with Gasteiger partial charge >= 0.3 is 0 Å². The van der Waals surface area contributed by atoms with E-state index < -0.39 is 0 Å². The standard InChI is InChI=1S/C16H23N7/c1-3-22-7-9-23(10-8-22)16-14(17)15(18-11-19-16)21-13-6-4-5-12(2)20-13/h4-6,11H,3,7-10,17H2,1-2H3,(H,18,19,20,21). The number of nitrogens with zero attached hydrogens (tertiary/aromatic N) is 5. The van der Waals surface area contributed by atoms with Gasteiger partial charge in [0.2, 0.25) is 0 Å². The summed E-state index contributed by atoms with van der Waals surface area (Å²) in [6.07, 6.45) is 1.55. The Balaban J connectivity index is 1.79. The minimum Gasteiger partial charge on any atom is -0.393 e. The Morgan fingerprint density at radius 3 is 2.65 bits per heavy atom. The quantitative estimate of drug-likeness (QED) is 0.888. The van der Waals surface area contributed by atoms with Gasteiger partial charge in [0, 0.05) is 31.9 Å². The fourth-order valence-electron chi connectivity index (χ4n) is 2.75. The lowest BCUT2D eigenvalue weighted by Crippen LogP contribution is -2.46. The van der Waals surface area contributed by atoms with Crippen LogP contribution in [0, 0.1) is 6.92 Å². The number of nitrogens with two attached hydrogens (primary N) is 1. The van der Waals surface area contributed by atoms with Crippen molar-refractivity contribution in [2.45, 2.75) is 13.8 Å². The number of hydrogen-bond acceptors (Lipinski definition) is 7. The lowest BCUT2D eigenvalue weighted by Gasteiger charge is -2.35. The summed E-state index contributed by atoms with van der Waals surface area (Å²) >= 11 is 0. The van der Waals surface area contributed by atoms with Gasteiger partial charge in [-0.25, -0.2) is 15.0 Å². The van der Waals surface area contributed by atoms with Crippen LogP contribution < -0.4 is 16.0 Å². The average molecular weight is 313 g/mol. The molecule has 3 N–H and O–H groups in total. The van der Waals surface area contributed by atoms with E-state index in [9.17, 15) is 0 Å². The average Bonchev–Trinajstić information content (AvgIpc) is 2.57. The first-order chi connectivity index (χ1) is 11.2. The summed E-state index contributed by atoms with van der Waals surface area (Å²) in [5, 5.41) is 3.19. The van der Waals surface area contributed by atoms with Crippen LogP contribution in [0.5, 0.6) is 0 Å². The van der Waals surface area contributed by atoms with E-state index in [4.69, 9.17) is 5.73 Å². The van der Waals surface area contributed by atoms with Crippen molar-refractivity contribution in [3.63, 3.8) is 0 Å². The van der Waals surface area contributed by atoms with E-state index >= 15 is 0 Å². The molecule has 3 rings (SSSR count). The molecule has 1 aliphatic rings. The van der Waals surface area contributed by atoms with Crippen molar-refractivity contribution in [2.75, 3.05) is 48.7 Å². The number of aromatic nitrogens is 3. The zero-order chi connectivity index (χ0) is 16.2. The number of pyridine rings is 1. The van der Waals surface area contributed by atoms with Crippen molar-refractivity contribution < 1.29 is 0 Å². The molecule has 0 unspecified atom stereocenters. The second-order valence-corrected chi connectivity index (χ2v) is 5.67. The van der Waals surface area contributed by atoms with Gasteiger partial charge in [0.25, 0.3) is 0 Å². The highest BCUT2D eigenvalue weighted by Gasteiger charge is 2.20. The molecule has 3 heterocycles. The number of nitrogens with one attached hydrogen (secondary N) is 1. The van der Waals surface area contributed by atoms with Crippen LogP contribution in [0.25, 0.3) is 0 Å². The first-order valence-corrected chi connectivity index (χ1v) is 7.96.